The molecule has 0 heterocycles. The van der Waals surface area contributed by atoms with Gasteiger partial charge in [0.25, 0.3) is 0 Å². The Hall–Kier alpha value is -1.50. The van der Waals surface area contributed by atoms with E-state index in [1.165, 1.54) is 0 Å². The van der Waals surface area contributed by atoms with Gasteiger partial charge in [0.15, 0.2) is 0 Å². The number of hydrogen-bond acceptors (Lipinski definition) is 1. The molecule has 0 radical (unpaired) electrons. The van der Waals surface area contributed by atoms with Crippen LogP contribution in [0.5, 0.6) is 5.75 Å². The van der Waals surface area contributed by atoms with Crippen molar-refractivity contribution in [3.63, 3.8) is 0 Å². The topological polar surface area (TPSA) is 9.23 Å². The van der Waals surface area contributed by atoms with Crippen molar-refractivity contribution in [2.45, 2.75) is 32.6 Å². The molecule has 17 heavy (non-hydrogen) atoms. The zero-order valence-corrected chi connectivity index (χ0v) is 9.94. The molecule has 2 aromatic rings. The Morgan fingerprint density at radius 3 is 2.53 bits per heavy atom. The van der Waals surface area contributed by atoms with Gasteiger partial charge in [0.2, 0.25) is 0 Å². The number of aryl methyl sites for hydroxylation is 2. The van der Waals surface area contributed by atoms with E-state index >= 15 is 0 Å². The van der Waals surface area contributed by atoms with Crippen molar-refractivity contribution < 1.29 is 11.6 Å². The fourth-order valence-electron chi connectivity index (χ4n) is 2.74. The van der Waals surface area contributed by atoms with Crippen molar-refractivity contribution in [3.8, 4) is 5.75 Å². The van der Waals surface area contributed by atoms with E-state index in [-0.39, 0.29) is 31.1 Å². The van der Waals surface area contributed by atoms with Gasteiger partial charge in [0.05, 0.1) is 12.6 Å². The van der Waals surface area contributed by atoms with Gasteiger partial charge < -0.3 is 4.74 Å². The van der Waals surface area contributed by atoms with Crippen LogP contribution in [0.4, 0.5) is 0 Å². The molecule has 0 N–H and O–H groups in total. The fourth-order valence-corrected chi connectivity index (χ4v) is 2.74. The summed E-state index contributed by atoms with van der Waals surface area (Å²) in [6.07, 6.45) is 3.68. The Morgan fingerprint density at radius 2 is 1.82 bits per heavy atom. The molecule has 0 atom stereocenters. The Balaban J connectivity index is 2.60. The molecular formula is C16H18O. The van der Waals surface area contributed by atoms with Crippen LogP contribution >= 0.6 is 0 Å². The highest BCUT2D eigenvalue weighted by Gasteiger charge is 2.19. The summed E-state index contributed by atoms with van der Waals surface area (Å²) in [7, 11) is 1.57. The molecule has 0 saturated heterocycles. The quantitative estimate of drug-likeness (QED) is 0.720. The van der Waals surface area contributed by atoms with Crippen LogP contribution in [0.1, 0.15) is 36.4 Å². The number of rotatable bonds is 1. The summed E-state index contributed by atoms with van der Waals surface area (Å²) in [4.78, 5) is 0. The number of hydrogen-bond donors (Lipinski definition) is 0. The van der Waals surface area contributed by atoms with Gasteiger partial charge >= 0.3 is 0 Å². The van der Waals surface area contributed by atoms with Crippen molar-refractivity contribution in [1.29, 1.82) is 0 Å². The van der Waals surface area contributed by atoms with Crippen molar-refractivity contribution in [1.82, 2.24) is 0 Å². The van der Waals surface area contributed by atoms with E-state index in [1.54, 1.807) is 7.11 Å². The third-order valence-electron chi connectivity index (χ3n) is 3.51. The van der Waals surface area contributed by atoms with Gasteiger partial charge in [0.1, 0.15) is 5.75 Å². The van der Waals surface area contributed by atoms with Crippen LogP contribution < -0.4 is 4.74 Å². The highest BCUT2D eigenvalue weighted by atomic mass is 16.5. The highest BCUT2D eigenvalue weighted by Crippen LogP contribution is 2.39. The molecule has 0 bridgehead atoms. The maximum absolute atomic E-state index is 8.27. The first kappa shape index (κ1) is 6.44. The summed E-state index contributed by atoms with van der Waals surface area (Å²) in [5, 5.41) is 1.04. The Labute approximate surface area is 109 Å². The second-order valence-corrected chi connectivity index (χ2v) is 4.43. The number of fused-ring (bicyclic) bond motifs is 3. The number of methoxy groups -OCH3 is 1. The third kappa shape index (κ3) is 1.53. The molecule has 0 spiro atoms. The highest BCUT2D eigenvalue weighted by molar-refractivity contribution is 5.92. The molecule has 3 rings (SSSR count). The van der Waals surface area contributed by atoms with Crippen molar-refractivity contribution in [2.75, 3.05) is 7.11 Å². The Morgan fingerprint density at radius 1 is 1.12 bits per heavy atom. The van der Waals surface area contributed by atoms with Gasteiger partial charge in [-0.15, -0.1) is 0 Å². The lowest BCUT2D eigenvalue weighted by Gasteiger charge is -2.23. The van der Waals surface area contributed by atoms with Crippen LogP contribution in [0, 0.1) is 6.90 Å². The summed E-state index contributed by atoms with van der Waals surface area (Å²) in [6, 6.07) is -0.507. The van der Waals surface area contributed by atoms with Gasteiger partial charge in [-0.2, -0.15) is 0 Å². The van der Waals surface area contributed by atoms with Crippen molar-refractivity contribution in [3.05, 3.63) is 40.9 Å². The van der Waals surface area contributed by atoms with Gasteiger partial charge in [0, 0.05) is 1.37 Å². The standard InChI is InChI=1S/C16H18O/c1-11-12-7-3-4-8-13(12)14-9-5-6-10-15(14)16(11)17-2/h3-4,7-8H,5-6,9-10H2,1-2H3/i1D,3D,4D,7D,8D. The lowest BCUT2D eigenvalue weighted by Crippen LogP contribution is -2.07. The molecule has 0 fully saturated rings. The van der Waals surface area contributed by atoms with E-state index in [1.807, 2.05) is 0 Å². The van der Waals surface area contributed by atoms with Crippen LogP contribution in [0.3, 0.4) is 0 Å². The molecule has 0 aliphatic heterocycles. The Bertz CT molecular complexity index is 723. The fraction of sp³-hybridized carbons (Fsp3) is 0.375. The molecule has 0 saturated carbocycles. The molecule has 0 amide bonds. The number of ether oxygens (including phenoxy) is 1. The van der Waals surface area contributed by atoms with E-state index in [4.69, 9.17) is 11.6 Å². The summed E-state index contributed by atoms with van der Waals surface area (Å²) in [6.45, 7) is -0.0605. The minimum atomic E-state index is -0.245. The van der Waals surface area contributed by atoms with Gasteiger partial charge in [-0.3, -0.25) is 0 Å². The second kappa shape index (κ2) is 4.06. The first-order chi connectivity index (χ1) is 10.5. The molecule has 0 aromatic heterocycles. The van der Waals surface area contributed by atoms with Crippen LogP contribution in [-0.4, -0.2) is 7.11 Å². The smallest absolute Gasteiger partial charge is 0.125 e. The van der Waals surface area contributed by atoms with Crippen LogP contribution in [0.25, 0.3) is 10.8 Å². The summed E-state index contributed by atoms with van der Waals surface area (Å²) in [5.74, 6) is 0.641. The third-order valence-corrected chi connectivity index (χ3v) is 3.51. The maximum atomic E-state index is 8.27. The molecule has 1 aliphatic rings. The van der Waals surface area contributed by atoms with Crippen LogP contribution in [0.2, 0.25) is 0 Å². The second-order valence-electron chi connectivity index (χ2n) is 4.43. The predicted molar refractivity (Wildman–Crippen MR) is 71.9 cm³/mol. The van der Waals surface area contributed by atoms with E-state index in [9.17, 15) is 0 Å². The molecule has 0 unspecified atom stereocenters. The monoisotopic (exact) mass is 231 g/mol. The largest absolute Gasteiger partial charge is 0.496 e. The van der Waals surface area contributed by atoms with E-state index < -0.39 is 0 Å². The number of benzene rings is 2. The molecule has 1 aliphatic carbocycles. The van der Waals surface area contributed by atoms with E-state index in [0.717, 1.165) is 36.8 Å². The average molecular weight is 231 g/mol. The average Bonchev–Trinajstić information content (AvgIpc) is 2.55. The predicted octanol–water partition coefficient (Wildman–Crippen LogP) is 4.04. The van der Waals surface area contributed by atoms with E-state index in [0.29, 0.717) is 22.1 Å². The SMILES string of the molecule is [2H]Cc1c(OC)c2c(c3c([2H])c([2H])c([2H])c([2H])c13)CCCC2. The first-order valence-electron chi connectivity index (χ1n) is 8.63. The first-order valence-corrected chi connectivity index (χ1v) is 5.92. The molecule has 88 valence electrons. The summed E-state index contributed by atoms with van der Waals surface area (Å²) < 4.78 is 45.7. The minimum absolute atomic E-state index is 0.00602. The lowest BCUT2D eigenvalue weighted by molar-refractivity contribution is 0.404. The zero-order valence-electron chi connectivity index (χ0n) is 14.9. The normalized spacial score (nSPS) is 18.8. The van der Waals surface area contributed by atoms with Crippen LogP contribution in [0.15, 0.2) is 24.2 Å². The van der Waals surface area contributed by atoms with E-state index in [2.05, 4.69) is 0 Å². The van der Waals surface area contributed by atoms with Crippen molar-refractivity contribution in [2.24, 2.45) is 0 Å². The summed E-state index contributed by atoms with van der Waals surface area (Å²) >= 11 is 0. The van der Waals surface area contributed by atoms with Gasteiger partial charge in [-0.25, -0.2) is 0 Å². The molecule has 1 heteroatoms. The Kier molecular flexibility index (Phi) is 1.54. The molecule has 1 nitrogen and oxygen atoms in total. The lowest BCUT2D eigenvalue weighted by atomic mass is 9.85. The van der Waals surface area contributed by atoms with Crippen LogP contribution in [-0.2, 0) is 12.8 Å². The zero-order chi connectivity index (χ0) is 16.0. The van der Waals surface area contributed by atoms with Gasteiger partial charge in [-0.05, 0) is 60.0 Å². The summed E-state index contributed by atoms with van der Waals surface area (Å²) in [5.41, 5.74) is 2.57. The molecule has 2 aromatic carbocycles. The minimum Gasteiger partial charge on any atom is -0.496 e. The van der Waals surface area contributed by atoms with Crippen molar-refractivity contribution >= 4 is 10.8 Å². The molecular weight excluding hydrogens is 208 g/mol. The maximum Gasteiger partial charge on any atom is 0.125 e. The van der Waals surface area contributed by atoms with Gasteiger partial charge in [-0.1, -0.05) is 24.2 Å².